The lowest BCUT2D eigenvalue weighted by molar-refractivity contribution is -0.196. The van der Waals surface area contributed by atoms with Crippen molar-refractivity contribution in [2.24, 2.45) is 0 Å². The number of hydrogen-bond acceptors (Lipinski definition) is 8. The zero-order valence-electron chi connectivity index (χ0n) is 13.0. The Bertz CT molecular complexity index is 376. The van der Waals surface area contributed by atoms with Crippen LogP contribution < -0.4 is 0 Å². The molecule has 8 heteroatoms. The third-order valence-electron chi connectivity index (χ3n) is 3.03. The van der Waals surface area contributed by atoms with E-state index < -0.39 is 48.3 Å². The summed E-state index contributed by atoms with van der Waals surface area (Å²) in [6, 6.07) is 0. The van der Waals surface area contributed by atoms with E-state index in [-0.39, 0.29) is 12.8 Å². The summed E-state index contributed by atoms with van der Waals surface area (Å²) < 4.78 is 20.5. The van der Waals surface area contributed by atoms with Crippen LogP contribution in [0.25, 0.3) is 0 Å². The highest BCUT2D eigenvalue weighted by Gasteiger charge is 2.44. The van der Waals surface area contributed by atoms with Crippen molar-refractivity contribution in [2.75, 3.05) is 0 Å². The number of esters is 4. The molecule has 4 atom stereocenters. The van der Waals surface area contributed by atoms with Crippen molar-refractivity contribution in [1.29, 1.82) is 0 Å². The van der Waals surface area contributed by atoms with Crippen LogP contribution in [0.2, 0.25) is 0 Å². The molecule has 0 unspecified atom stereocenters. The van der Waals surface area contributed by atoms with Gasteiger partial charge in [-0.25, -0.2) is 0 Å². The molecule has 22 heavy (non-hydrogen) atoms. The number of rotatable bonds is 4. The van der Waals surface area contributed by atoms with Crippen molar-refractivity contribution in [3.63, 3.8) is 0 Å². The predicted octanol–water partition coefficient (Wildman–Crippen LogP) is 0.507. The fourth-order valence-electron chi connectivity index (χ4n) is 2.41. The standard InChI is InChI=1S/C14H20O8/c1-7(15)19-11-5-13(21-9(3)17)14(22-10(4)18)6-12(11)20-8(2)16/h11-14H,5-6H2,1-4H3/t11-,12-,13-,14+/m1/s1. The average Bonchev–Trinajstić information content (AvgIpc) is 2.31. The number of ether oxygens (including phenoxy) is 4. The number of carbonyl (C=O) groups excluding carboxylic acids is 4. The van der Waals surface area contributed by atoms with Crippen molar-refractivity contribution in [3.8, 4) is 0 Å². The second kappa shape index (κ2) is 7.77. The highest BCUT2D eigenvalue weighted by atomic mass is 16.6. The highest BCUT2D eigenvalue weighted by molar-refractivity contribution is 5.68. The molecule has 0 radical (unpaired) electrons. The van der Waals surface area contributed by atoms with Crippen molar-refractivity contribution in [1.82, 2.24) is 0 Å². The summed E-state index contributed by atoms with van der Waals surface area (Å²) in [4.78, 5) is 44.7. The van der Waals surface area contributed by atoms with E-state index >= 15 is 0 Å². The number of hydrogen-bond donors (Lipinski definition) is 0. The monoisotopic (exact) mass is 316 g/mol. The SMILES string of the molecule is CC(=O)O[C@H]1C[C@@H](OC(C)=O)[C@H](OC(C)=O)C[C@H]1OC(C)=O. The molecule has 1 aliphatic rings. The molecule has 0 aromatic rings. The third-order valence-corrected chi connectivity index (χ3v) is 3.03. The maximum atomic E-state index is 11.2. The minimum Gasteiger partial charge on any atom is -0.458 e. The maximum Gasteiger partial charge on any atom is 0.303 e. The van der Waals surface area contributed by atoms with Gasteiger partial charge in [0.25, 0.3) is 0 Å². The molecule has 0 aromatic heterocycles. The quantitative estimate of drug-likeness (QED) is 0.545. The number of carbonyl (C=O) groups is 4. The van der Waals surface area contributed by atoms with E-state index in [1.165, 1.54) is 27.7 Å². The smallest absolute Gasteiger partial charge is 0.303 e. The Balaban J connectivity index is 2.92. The zero-order valence-corrected chi connectivity index (χ0v) is 13.0. The summed E-state index contributed by atoms with van der Waals surface area (Å²) in [6.07, 6.45) is -2.91. The van der Waals surface area contributed by atoms with E-state index in [0.717, 1.165) is 0 Å². The molecule has 0 aliphatic heterocycles. The molecule has 0 aromatic carbocycles. The van der Waals surface area contributed by atoms with E-state index in [9.17, 15) is 19.2 Å². The van der Waals surface area contributed by atoms with E-state index in [2.05, 4.69) is 0 Å². The van der Waals surface area contributed by atoms with Gasteiger partial charge in [-0.1, -0.05) is 0 Å². The van der Waals surface area contributed by atoms with Crippen LogP contribution in [0.3, 0.4) is 0 Å². The van der Waals surface area contributed by atoms with Gasteiger partial charge in [0.1, 0.15) is 24.4 Å². The lowest BCUT2D eigenvalue weighted by atomic mass is 9.89. The highest BCUT2D eigenvalue weighted by Crippen LogP contribution is 2.29. The van der Waals surface area contributed by atoms with Gasteiger partial charge in [-0.2, -0.15) is 0 Å². The maximum absolute atomic E-state index is 11.2. The van der Waals surface area contributed by atoms with Gasteiger partial charge >= 0.3 is 23.9 Å². The van der Waals surface area contributed by atoms with Crippen molar-refractivity contribution < 1.29 is 38.1 Å². The molecular weight excluding hydrogens is 296 g/mol. The van der Waals surface area contributed by atoms with Crippen LogP contribution in [0.5, 0.6) is 0 Å². The molecule has 1 fully saturated rings. The summed E-state index contributed by atoms with van der Waals surface area (Å²) in [5, 5.41) is 0. The predicted molar refractivity (Wildman–Crippen MR) is 71.5 cm³/mol. The second-order valence-corrected chi connectivity index (χ2v) is 5.06. The summed E-state index contributed by atoms with van der Waals surface area (Å²) in [5.41, 5.74) is 0. The van der Waals surface area contributed by atoms with Crippen LogP contribution in [-0.2, 0) is 38.1 Å². The second-order valence-electron chi connectivity index (χ2n) is 5.06. The van der Waals surface area contributed by atoms with Gasteiger partial charge in [-0.3, -0.25) is 19.2 Å². The van der Waals surface area contributed by atoms with Crippen LogP contribution >= 0.6 is 0 Å². The van der Waals surface area contributed by atoms with Gasteiger partial charge in [-0.15, -0.1) is 0 Å². The third kappa shape index (κ3) is 5.71. The molecule has 1 saturated carbocycles. The molecule has 8 nitrogen and oxygen atoms in total. The van der Waals surface area contributed by atoms with Crippen molar-refractivity contribution in [3.05, 3.63) is 0 Å². The molecule has 0 bridgehead atoms. The van der Waals surface area contributed by atoms with Gasteiger partial charge in [0.2, 0.25) is 0 Å². The van der Waals surface area contributed by atoms with Crippen LogP contribution in [0.15, 0.2) is 0 Å². The summed E-state index contributed by atoms with van der Waals surface area (Å²) in [5.74, 6) is -2.19. The fourth-order valence-corrected chi connectivity index (χ4v) is 2.41. The lowest BCUT2D eigenvalue weighted by Crippen LogP contribution is -2.51. The van der Waals surface area contributed by atoms with E-state index in [1.54, 1.807) is 0 Å². The Morgan fingerprint density at radius 1 is 0.545 bits per heavy atom. The van der Waals surface area contributed by atoms with Crippen LogP contribution in [-0.4, -0.2) is 48.3 Å². The summed E-state index contributed by atoms with van der Waals surface area (Å²) >= 11 is 0. The summed E-state index contributed by atoms with van der Waals surface area (Å²) in [7, 11) is 0. The van der Waals surface area contributed by atoms with Crippen LogP contribution in [0.1, 0.15) is 40.5 Å². The van der Waals surface area contributed by atoms with Gasteiger partial charge < -0.3 is 18.9 Å². The van der Waals surface area contributed by atoms with E-state index in [0.29, 0.717) is 0 Å². The molecule has 0 amide bonds. The van der Waals surface area contributed by atoms with Crippen molar-refractivity contribution >= 4 is 23.9 Å². The molecule has 0 saturated heterocycles. The minimum atomic E-state index is -0.766. The molecular formula is C14H20O8. The Hall–Kier alpha value is -2.12. The minimum absolute atomic E-state index is 0.0784. The Kier molecular flexibility index (Phi) is 6.33. The van der Waals surface area contributed by atoms with E-state index in [1.807, 2.05) is 0 Å². The molecule has 124 valence electrons. The van der Waals surface area contributed by atoms with Crippen LogP contribution in [0, 0.1) is 0 Å². The zero-order chi connectivity index (χ0) is 16.9. The molecule has 0 N–H and O–H groups in total. The summed E-state index contributed by atoms with van der Waals surface area (Å²) in [6.45, 7) is 4.90. The Labute approximate surface area is 128 Å². The molecule has 1 aliphatic carbocycles. The lowest BCUT2D eigenvalue weighted by Gasteiger charge is -2.38. The normalized spacial score (nSPS) is 27.5. The van der Waals surface area contributed by atoms with Gasteiger partial charge in [0.05, 0.1) is 0 Å². The van der Waals surface area contributed by atoms with Crippen molar-refractivity contribution in [2.45, 2.75) is 65.0 Å². The molecule has 1 rings (SSSR count). The first-order valence-electron chi connectivity index (χ1n) is 6.88. The Morgan fingerprint density at radius 3 is 0.864 bits per heavy atom. The average molecular weight is 316 g/mol. The molecule has 0 spiro atoms. The van der Waals surface area contributed by atoms with Gasteiger partial charge in [0.15, 0.2) is 0 Å². The largest absolute Gasteiger partial charge is 0.458 e. The first-order valence-corrected chi connectivity index (χ1v) is 6.88. The first kappa shape index (κ1) is 17.9. The first-order chi connectivity index (χ1) is 10.2. The van der Waals surface area contributed by atoms with Gasteiger partial charge in [-0.05, 0) is 0 Å². The Morgan fingerprint density at radius 2 is 0.727 bits per heavy atom. The topological polar surface area (TPSA) is 105 Å². The van der Waals surface area contributed by atoms with E-state index in [4.69, 9.17) is 18.9 Å². The fraction of sp³-hybridized carbons (Fsp3) is 0.714. The van der Waals surface area contributed by atoms with Gasteiger partial charge in [0, 0.05) is 40.5 Å². The van der Waals surface area contributed by atoms with Crippen LogP contribution in [0.4, 0.5) is 0 Å². The molecule has 0 heterocycles.